The van der Waals surface area contributed by atoms with Gasteiger partial charge in [-0.15, -0.1) is 0 Å². The van der Waals surface area contributed by atoms with Crippen LogP contribution < -0.4 is 4.90 Å². The zero-order valence-corrected chi connectivity index (χ0v) is 24.2. The lowest BCUT2D eigenvalue weighted by molar-refractivity contribution is -0.131. The van der Waals surface area contributed by atoms with Crippen LogP contribution in [0, 0.1) is 39.9 Å². The first-order chi connectivity index (χ1) is 20.2. The van der Waals surface area contributed by atoms with E-state index in [1.807, 2.05) is 5.92 Å². The summed E-state index contributed by atoms with van der Waals surface area (Å²) in [4.78, 5) is 27.3. The fourth-order valence-corrected chi connectivity index (χ4v) is 9.02. The van der Waals surface area contributed by atoms with Gasteiger partial charge in [-0.1, -0.05) is 41.8 Å². The Kier molecular flexibility index (Phi) is 8.08. The summed E-state index contributed by atoms with van der Waals surface area (Å²) in [6.45, 7) is 3.83. The predicted octanol–water partition coefficient (Wildman–Crippen LogP) is 7.52. The highest BCUT2D eigenvalue weighted by Gasteiger charge is 2.58. The molecule has 6 atom stereocenters. The van der Waals surface area contributed by atoms with Gasteiger partial charge in [0.1, 0.15) is 19.3 Å². The lowest BCUT2D eigenvalue weighted by atomic mass is 9.51. The molecule has 0 spiro atoms. The predicted molar refractivity (Wildman–Crippen MR) is 156 cm³/mol. The van der Waals surface area contributed by atoms with Crippen LogP contribution in [-0.2, 0) is 9.53 Å². The van der Waals surface area contributed by atoms with Crippen molar-refractivity contribution in [1.29, 1.82) is 0 Å². The van der Waals surface area contributed by atoms with Gasteiger partial charge in [-0.3, -0.25) is 4.79 Å². The molecule has 42 heavy (non-hydrogen) atoms. The number of halogens is 3. The van der Waals surface area contributed by atoms with Gasteiger partial charge >= 0.3 is 6.18 Å². The minimum atomic E-state index is -4.56. The number of rotatable bonds is 7. The van der Waals surface area contributed by atoms with E-state index >= 15 is 0 Å². The zero-order valence-electron chi connectivity index (χ0n) is 24.2. The van der Waals surface area contributed by atoms with Crippen LogP contribution in [0.5, 0.6) is 0 Å². The summed E-state index contributed by atoms with van der Waals surface area (Å²) >= 11 is 0. The van der Waals surface area contributed by atoms with Crippen molar-refractivity contribution in [3.8, 4) is 11.8 Å². The van der Waals surface area contributed by atoms with Crippen LogP contribution in [0.15, 0.2) is 52.2 Å². The van der Waals surface area contributed by atoms with Crippen LogP contribution in [0.2, 0.25) is 0 Å². The Morgan fingerprint density at radius 2 is 1.86 bits per heavy atom. The molecule has 4 aliphatic carbocycles. The third kappa shape index (κ3) is 5.57. The monoisotopic (exact) mass is 580 g/mol. The molecule has 1 heterocycles. The van der Waals surface area contributed by atoms with Crippen LogP contribution in [0.1, 0.15) is 76.2 Å². The van der Waals surface area contributed by atoms with Gasteiger partial charge in [0.25, 0.3) is 0 Å². The van der Waals surface area contributed by atoms with Crippen LogP contribution in [0.25, 0.3) is 0 Å². The first-order valence-corrected chi connectivity index (χ1v) is 15.5. The van der Waals surface area contributed by atoms with E-state index < -0.39 is 12.8 Å². The number of hydrogen-bond donors (Lipinski definition) is 0. The molecular formula is C34H39F3N2O3. The van der Waals surface area contributed by atoms with E-state index in [-0.39, 0.29) is 35.7 Å². The second-order valence-corrected chi connectivity index (χ2v) is 13.0. The second kappa shape index (κ2) is 11.6. The van der Waals surface area contributed by atoms with E-state index in [0.717, 1.165) is 58.0 Å². The van der Waals surface area contributed by atoms with E-state index in [2.05, 4.69) is 47.3 Å². The van der Waals surface area contributed by atoms with Crippen molar-refractivity contribution < 1.29 is 22.7 Å². The van der Waals surface area contributed by atoms with Gasteiger partial charge in [-0.2, -0.15) is 18.1 Å². The lowest BCUT2D eigenvalue weighted by Crippen LogP contribution is -2.45. The molecule has 0 radical (unpaired) electrons. The Morgan fingerprint density at radius 1 is 1.10 bits per heavy atom. The van der Waals surface area contributed by atoms with E-state index in [9.17, 15) is 22.9 Å². The van der Waals surface area contributed by atoms with Crippen LogP contribution >= 0.6 is 0 Å². The van der Waals surface area contributed by atoms with Gasteiger partial charge in [-0.25, -0.2) is 0 Å². The molecule has 1 aromatic rings. The topological polar surface area (TPSA) is 59.0 Å². The number of hydrogen-bond acceptors (Lipinski definition) is 5. The first-order valence-electron chi connectivity index (χ1n) is 15.5. The first kappa shape index (κ1) is 29.2. The molecule has 0 amide bonds. The molecule has 5 nitrogen and oxygen atoms in total. The summed E-state index contributed by atoms with van der Waals surface area (Å²) in [5.41, 5.74) is 6.53. The van der Waals surface area contributed by atoms with Gasteiger partial charge in [0.2, 0.25) is 0 Å². The molecule has 1 unspecified atom stereocenters. The van der Waals surface area contributed by atoms with Gasteiger partial charge < -0.3 is 9.64 Å². The number of benzene rings is 1. The van der Waals surface area contributed by atoms with E-state index in [1.54, 1.807) is 0 Å². The molecule has 6 rings (SSSR count). The highest BCUT2D eigenvalue weighted by atomic mass is 19.4. The molecule has 0 bridgehead atoms. The van der Waals surface area contributed by atoms with Crippen molar-refractivity contribution in [2.75, 3.05) is 31.2 Å². The van der Waals surface area contributed by atoms with Crippen molar-refractivity contribution in [2.24, 2.45) is 28.3 Å². The number of ether oxygens (including phenoxy) is 1. The number of alkyl halides is 3. The normalized spacial score (nSPS) is 32.3. The number of anilines is 1. The molecule has 3 fully saturated rings. The highest BCUT2D eigenvalue weighted by molar-refractivity contribution is 5.83. The number of fused-ring (bicyclic) bond motifs is 4. The summed E-state index contributed by atoms with van der Waals surface area (Å²) in [6.07, 6.45) is 6.12. The number of ketones is 1. The Balaban J connectivity index is 1.30. The fraction of sp³-hybridized carbons (Fsp3) is 0.618. The summed E-state index contributed by atoms with van der Waals surface area (Å²) in [5, 5.41) is 3.34. The fourth-order valence-electron chi connectivity index (χ4n) is 9.02. The zero-order chi connectivity index (χ0) is 29.5. The largest absolute Gasteiger partial charge is 0.457 e. The summed E-state index contributed by atoms with van der Waals surface area (Å²) in [6, 6.07) is 8.79. The molecule has 2 saturated carbocycles. The Hall–Kier alpha value is -2.92. The van der Waals surface area contributed by atoms with Crippen LogP contribution in [0.3, 0.4) is 0 Å². The molecule has 1 aliphatic heterocycles. The molecule has 5 aliphatic rings. The number of carbonyl (C=O) groups excluding carboxylic acids is 1. The van der Waals surface area contributed by atoms with E-state index in [4.69, 9.17) is 4.74 Å². The maximum atomic E-state index is 13.5. The Labute approximate surface area is 245 Å². The highest BCUT2D eigenvalue weighted by Crippen LogP contribution is 2.65. The van der Waals surface area contributed by atoms with Crippen molar-refractivity contribution in [3.63, 3.8) is 0 Å². The van der Waals surface area contributed by atoms with Crippen molar-refractivity contribution in [1.82, 2.24) is 0 Å². The van der Waals surface area contributed by atoms with Crippen LogP contribution in [-0.4, -0.2) is 44.3 Å². The number of allylic oxidation sites excluding steroid dienone is 3. The average molecular weight is 581 g/mol. The average Bonchev–Trinajstić information content (AvgIpc) is 3.63. The van der Waals surface area contributed by atoms with Gasteiger partial charge in [0.05, 0.1) is 0 Å². The van der Waals surface area contributed by atoms with Crippen LogP contribution in [0.4, 0.5) is 18.9 Å². The molecule has 8 heteroatoms. The summed E-state index contributed by atoms with van der Waals surface area (Å²) in [5.74, 6) is 3.87. The number of nitroso groups, excluding NO2 is 1. The number of carbonyl (C=O) groups is 1. The maximum absolute atomic E-state index is 13.5. The molecule has 224 valence electrons. The minimum Gasteiger partial charge on any atom is -0.372 e. The third-order valence-electron chi connectivity index (χ3n) is 10.8. The summed E-state index contributed by atoms with van der Waals surface area (Å²) < 4.78 is 42.4. The SMILES string of the molecule is C[C@]12C[C@H](c3ccc(N4CCCC4)cc3)C3=C4CCC(N=O)C=C4CC[C@H]3[C@@H]1CC[C@@H]2C(=O)COCC#CC(F)(F)F. The van der Waals surface area contributed by atoms with Crippen molar-refractivity contribution >= 4 is 11.5 Å². The number of nitrogens with zero attached hydrogens (tertiary/aromatic N) is 2. The quantitative estimate of drug-likeness (QED) is 0.190. The Bertz CT molecular complexity index is 1330. The standard InChI is InChI=1S/C34H39F3N2O3/c1-33-20-28(22-5-9-25(10-6-22)39-16-2-3-17-39)32-26-12-8-24(38-41)19-23(26)7-11-27(32)29(33)13-14-30(33)31(40)21-42-18-4-15-34(35,36)37/h5-6,9-10,19,24,27-30H,2-3,7-8,11-14,16-18,20-21H2,1H3/t24?,27-,28+,29-,30+,33-/m0/s1. The summed E-state index contributed by atoms with van der Waals surface area (Å²) in [7, 11) is 0. The van der Waals surface area contributed by atoms with Crippen molar-refractivity contribution in [3.05, 3.63) is 57.5 Å². The molecule has 0 aromatic heterocycles. The third-order valence-corrected chi connectivity index (χ3v) is 10.8. The minimum absolute atomic E-state index is 0.0259. The van der Waals surface area contributed by atoms with E-state index in [0.29, 0.717) is 11.8 Å². The molecule has 1 aromatic carbocycles. The number of Topliss-reactive ketones (excluding diaryl/α,β-unsaturated/α-hetero) is 1. The molecule has 1 saturated heterocycles. The maximum Gasteiger partial charge on any atom is 0.457 e. The van der Waals surface area contributed by atoms with Crippen molar-refractivity contribution in [2.45, 2.75) is 82.8 Å². The Morgan fingerprint density at radius 3 is 2.57 bits per heavy atom. The van der Waals surface area contributed by atoms with Gasteiger partial charge in [0, 0.05) is 36.5 Å². The van der Waals surface area contributed by atoms with E-state index in [1.165, 1.54) is 46.7 Å². The molecular weight excluding hydrogens is 541 g/mol. The second-order valence-electron chi connectivity index (χ2n) is 13.0. The molecule has 0 N–H and O–H groups in total. The van der Waals surface area contributed by atoms with Gasteiger partial charge in [0.15, 0.2) is 5.78 Å². The smallest absolute Gasteiger partial charge is 0.372 e. The van der Waals surface area contributed by atoms with Gasteiger partial charge in [-0.05, 0) is 104 Å². The lowest BCUT2D eigenvalue weighted by Gasteiger charge is -2.52.